The van der Waals surface area contributed by atoms with Crippen LogP contribution in [0.15, 0.2) is 413 Å². The Kier molecular flexibility index (Phi) is 18.3. The summed E-state index contributed by atoms with van der Waals surface area (Å²) in [5, 5.41) is 8.56. The van der Waals surface area contributed by atoms with Gasteiger partial charge in [-0.05, 0) is 118 Å². The first-order valence-corrected chi connectivity index (χ1v) is 40.6. The third kappa shape index (κ3) is 14.2. The summed E-state index contributed by atoms with van der Waals surface area (Å²) in [5.41, 5.74) is 30.5. The quantitative estimate of drug-likeness (QED) is 0.101. The molecule has 0 saturated carbocycles. The van der Waals surface area contributed by atoms with E-state index in [9.17, 15) is 0 Å². The van der Waals surface area contributed by atoms with Crippen LogP contribution in [0, 0.1) is 0 Å². The lowest BCUT2D eigenvalue weighted by atomic mass is 9.97. The van der Waals surface area contributed by atoms with E-state index in [1.165, 1.54) is 0 Å². The normalized spacial score (nSPS) is 11.4. The molecule has 10 aromatic heterocycles. The van der Waals surface area contributed by atoms with Gasteiger partial charge in [-0.25, -0.2) is 49.8 Å². The number of fused-ring (bicyclic) bond motifs is 10. The predicted octanol–water partition coefficient (Wildman–Crippen LogP) is 27.0. The maximum atomic E-state index is 5.19. The van der Waals surface area contributed by atoms with Gasteiger partial charge < -0.3 is 0 Å². The van der Waals surface area contributed by atoms with Crippen molar-refractivity contribution in [3.05, 3.63) is 413 Å². The van der Waals surface area contributed by atoms with Gasteiger partial charge in [0.1, 0.15) is 0 Å². The van der Waals surface area contributed by atoms with E-state index in [1.54, 1.807) is 0 Å². The summed E-state index contributed by atoms with van der Waals surface area (Å²) in [5.74, 6) is 1.33. The van der Waals surface area contributed by atoms with Gasteiger partial charge in [0.15, 0.2) is 11.6 Å². The van der Waals surface area contributed by atoms with Crippen LogP contribution < -0.4 is 0 Å². The fraction of sp³-hybridized carbons (Fsp3) is 0. The summed E-state index contributed by atoms with van der Waals surface area (Å²) in [6.45, 7) is 0. The lowest BCUT2D eigenvalue weighted by Gasteiger charge is -2.11. The highest BCUT2D eigenvalue weighted by Gasteiger charge is 2.19. The predicted molar refractivity (Wildman–Crippen MR) is 497 cm³/mol. The number of aromatic nitrogens is 12. The number of hydrogen-bond acceptors (Lipinski definition) is 12. The zero-order valence-electron chi connectivity index (χ0n) is 65.6. The van der Waals surface area contributed by atoms with Gasteiger partial charge >= 0.3 is 0 Å². The fourth-order valence-corrected chi connectivity index (χ4v) is 16.2. The molecule has 13 aromatic carbocycles. The van der Waals surface area contributed by atoms with E-state index in [2.05, 4.69) is 260 Å². The van der Waals surface area contributed by atoms with Crippen LogP contribution in [0.5, 0.6) is 0 Å². The first-order chi connectivity index (χ1) is 60.3. The van der Waals surface area contributed by atoms with E-state index in [-0.39, 0.29) is 0 Å². The second-order valence-corrected chi connectivity index (χ2v) is 30.3. The van der Waals surface area contributed by atoms with Crippen LogP contribution in [0.1, 0.15) is 0 Å². The van der Waals surface area contributed by atoms with Crippen molar-refractivity contribution < 1.29 is 0 Å². The van der Waals surface area contributed by atoms with Gasteiger partial charge in [-0.15, -0.1) is 0 Å². The van der Waals surface area contributed by atoms with Gasteiger partial charge in [-0.2, -0.15) is 0 Å². The summed E-state index contributed by atoms with van der Waals surface area (Å²) < 4.78 is 0. The number of benzene rings is 13. The molecule has 23 rings (SSSR count). The molecule has 0 aliphatic heterocycles. The van der Waals surface area contributed by atoms with Gasteiger partial charge in [0.05, 0.1) is 101 Å². The monoisotopic (exact) mass is 1560 g/mol. The van der Waals surface area contributed by atoms with Crippen LogP contribution in [-0.4, -0.2) is 59.8 Å². The Morgan fingerprint density at radius 2 is 0.443 bits per heavy atom. The van der Waals surface area contributed by atoms with Gasteiger partial charge in [0.2, 0.25) is 0 Å². The maximum Gasteiger partial charge on any atom is 0.160 e. The van der Waals surface area contributed by atoms with Crippen molar-refractivity contribution in [2.24, 2.45) is 0 Å². The number of hydrogen-bond donors (Lipinski definition) is 0. The van der Waals surface area contributed by atoms with Crippen molar-refractivity contribution in [3.8, 4) is 146 Å². The molecular weight excluding hydrogens is 1490 g/mol. The lowest BCUT2D eigenvalue weighted by molar-refractivity contribution is 1.17. The van der Waals surface area contributed by atoms with Gasteiger partial charge in [-0.3, -0.25) is 9.97 Å². The van der Waals surface area contributed by atoms with Crippen molar-refractivity contribution in [2.75, 3.05) is 0 Å². The van der Waals surface area contributed by atoms with Crippen LogP contribution in [0.3, 0.4) is 0 Å². The lowest BCUT2D eigenvalue weighted by Crippen LogP contribution is -1.97. The number of nitrogens with zero attached hydrogens (tertiary/aromatic N) is 12. The summed E-state index contributed by atoms with van der Waals surface area (Å²) >= 11 is 0. The first kappa shape index (κ1) is 71.8. The maximum absolute atomic E-state index is 5.19. The van der Waals surface area contributed by atoms with Crippen LogP contribution in [0.4, 0.5) is 0 Å². The molecule has 0 fully saturated rings. The van der Waals surface area contributed by atoms with E-state index >= 15 is 0 Å². The molecule has 12 heteroatoms. The molecule has 0 aliphatic carbocycles. The largest absolute Gasteiger partial charge is 0.254 e. The fourth-order valence-electron chi connectivity index (χ4n) is 16.2. The molecule has 0 bridgehead atoms. The van der Waals surface area contributed by atoms with Gasteiger partial charge in [0.25, 0.3) is 0 Å². The molecule has 0 saturated heterocycles. The molecule has 0 atom stereocenters. The summed E-state index contributed by atoms with van der Waals surface area (Å²) in [6, 6.07) is 138. The summed E-state index contributed by atoms with van der Waals surface area (Å²) in [4.78, 5) is 60.2. The van der Waals surface area contributed by atoms with E-state index in [0.717, 1.165) is 222 Å². The van der Waals surface area contributed by atoms with Crippen LogP contribution in [-0.2, 0) is 0 Å². The van der Waals surface area contributed by atoms with Crippen molar-refractivity contribution >= 4 is 87.2 Å². The van der Waals surface area contributed by atoms with Crippen LogP contribution in [0.2, 0.25) is 0 Å². The number of rotatable bonds is 13. The van der Waals surface area contributed by atoms with Gasteiger partial charge in [-0.1, -0.05) is 315 Å². The Hall–Kier alpha value is -16.7. The second kappa shape index (κ2) is 31.1. The van der Waals surface area contributed by atoms with E-state index in [4.69, 9.17) is 54.8 Å². The van der Waals surface area contributed by atoms with E-state index in [0.29, 0.717) is 11.6 Å². The Morgan fingerprint density at radius 3 is 0.893 bits per heavy atom. The average molecular weight is 1560 g/mol. The van der Waals surface area contributed by atoms with Gasteiger partial charge in [0, 0.05) is 100.0 Å². The Labute approximate surface area is 701 Å². The second-order valence-electron chi connectivity index (χ2n) is 30.3. The minimum atomic E-state index is 0.662. The minimum absolute atomic E-state index is 0.662. The SMILES string of the molecule is c1ccc(-c2cc(-c3ccc4ccc(-c5ccc6ccc(-c7ccc(-c8ccc9ccc%10ccc(-c%11ccccc%11)nc%10c9n8)cc7)cc6n5)cc4n3)nc(-c3ccccc3)n2)cc1.c1ccc(-c2cc(-c3ccc4ccc(-c5ccc6ccc(-c7ccc(-c8ccnc9c8ccc8cccnc89)cc7)cc6n5)cc4n3)nc(-c3ccccc3)n2)cc1. The summed E-state index contributed by atoms with van der Waals surface area (Å²) in [6.07, 6.45) is 3.70. The zero-order valence-corrected chi connectivity index (χ0v) is 65.6. The minimum Gasteiger partial charge on any atom is -0.254 e. The molecule has 0 spiro atoms. The number of pyridine rings is 8. The molecule has 12 nitrogen and oxygen atoms in total. The zero-order chi connectivity index (χ0) is 80.8. The highest BCUT2D eigenvalue weighted by molar-refractivity contribution is 6.09. The molecule has 10 heterocycles. The molecular formula is C110H68N12. The average Bonchev–Trinajstić information content (AvgIpc) is 0.764. The van der Waals surface area contributed by atoms with Crippen LogP contribution >= 0.6 is 0 Å². The van der Waals surface area contributed by atoms with Crippen molar-refractivity contribution in [3.63, 3.8) is 0 Å². The first-order valence-electron chi connectivity index (χ1n) is 40.6. The molecule has 0 aliphatic rings. The summed E-state index contributed by atoms with van der Waals surface area (Å²) in [7, 11) is 0. The van der Waals surface area contributed by atoms with E-state index in [1.807, 2.05) is 158 Å². The van der Waals surface area contributed by atoms with Crippen LogP contribution in [0.25, 0.3) is 234 Å². The molecule has 0 N–H and O–H groups in total. The molecule has 568 valence electrons. The third-order valence-electron chi connectivity index (χ3n) is 22.7. The topological polar surface area (TPSA) is 155 Å². The Bertz CT molecular complexity index is 7860. The van der Waals surface area contributed by atoms with Crippen molar-refractivity contribution in [1.82, 2.24) is 59.8 Å². The molecule has 122 heavy (non-hydrogen) atoms. The Balaban J connectivity index is 0.000000146. The van der Waals surface area contributed by atoms with Crippen molar-refractivity contribution in [2.45, 2.75) is 0 Å². The Morgan fingerprint density at radius 1 is 0.139 bits per heavy atom. The molecule has 0 unspecified atom stereocenters. The molecule has 23 aromatic rings. The van der Waals surface area contributed by atoms with Crippen molar-refractivity contribution in [1.29, 1.82) is 0 Å². The standard InChI is InChI=1S/C58H36N6.C52H32N6/c1-4-10-38(11-5-1)48-31-28-43-22-23-44-29-32-49(62-57(44)56(43)61-48)40-18-16-37(17-19-40)46-24-20-41-26-30-50(59-52(41)34-46)47-25-21-42-27-33-51(60-53(42)35-47)55-36-54(39-12-6-2-7-13-39)63-58(64-55)45-14-8-3-9-15-45;1-3-8-35(9-4-1)48-32-49(58-52(57-48)39-10-5-2-6-11-39)45-26-23-37-18-20-41(31-47(37)56-45)44-25-22-36-17-19-40(30-46(36)55-44)33-13-15-34(16-14-33)42-27-29-54-51-43(42)24-21-38-12-7-28-53-50(38)51/h1-36H;1-32H. The highest BCUT2D eigenvalue weighted by atomic mass is 14.9. The highest BCUT2D eigenvalue weighted by Crippen LogP contribution is 2.39. The third-order valence-corrected chi connectivity index (χ3v) is 22.7. The molecule has 0 radical (unpaired) electrons. The smallest absolute Gasteiger partial charge is 0.160 e. The van der Waals surface area contributed by atoms with E-state index < -0.39 is 0 Å². The molecule has 0 amide bonds.